The second-order valence-electron chi connectivity index (χ2n) is 3.42. The molecule has 0 saturated heterocycles. The topological polar surface area (TPSA) is 87.5 Å². The number of carboxylic acid groups (broad SMARTS) is 2. The minimum Gasteiger partial charge on any atom is -0.478 e. The molecule has 5 nitrogen and oxygen atoms in total. The Labute approximate surface area is 86.4 Å². The number of rotatable bonds is 3. The third-order valence-electron chi connectivity index (χ3n) is 1.94. The summed E-state index contributed by atoms with van der Waals surface area (Å²) in [7, 11) is 0. The van der Waals surface area contributed by atoms with Crippen LogP contribution in [0, 0.1) is 0 Å². The van der Waals surface area contributed by atoms with Gasteiger partial charge in [0.1, 0.15) is 0 Å². The molecule has 0 spiro atoms. The molecule has 0 aliphatic rings. The lowest BCUT2D eigenvalue weighted by molar-refractivity contribution is 0.0694. The van der Waals surface area contributed by atoms with Crippen molar-refractivity contribution in [1.82, 2.24) is 4.98 Å². The van der Waals surface area contributed by atoms with Crippen LogP contribution >= 0.6 is 0 Å². The number of carboxylic acids is 2. The molecule has 0 aliphatic carbocycles. The molecule has 15 heavy (non-hydrogen) atoms. The smallest absolute Gasteiger partial charge is 0.337 e. The first-order chi connectivity index (χ1) is 6.93. The summed E-state index contributed by atoms with van der Waals surface area (Å²) >= 11 is 0. The number of pyridine rings is 1. The number of nitrogens with zero attached hydrogens (tertiary/aromatic N) is 1. The minimum absolute atomic E-state index is 0.0510. The van der Waals surface area contributed by atoms with Gasteiger partial charge in [-0.15, -0.1) is 0 Å². The molecule has 2 N–H and O–H groups in total. The minimum atomic E-state index is -1.18. The van der Waals surface area contributed by atoms with Crippen molar-refractivity contribution in [2.45, 2.75) is 19.8 Å². The molecule has 0 unspecified atom stereocenters. The van der Waals surface area contributed by atoms with Gasteiger partial charge >= 0.3 is 11.9 Å². The summed E-state index contributed by atoms with van der Waals surface area (Å²) in [6.07, 6.45) is 1.17. The summed E-state index contributed by atoms with van der Waals surface area (Å²) in [5.74, 6) is -2.39. The quantitative estimate of drug-likeness (QED) is 0.789. The van der Waals surface area contributed by atoms with Gasteiger partial charge < -0.3 is 10.2 Å². The van der Waals surface area contributed by atoms with E-state index in [-0.39, 0.29) is 17.0 Å². The molecule has 0 bridgehead atoms. The van der Waals surface area contributed by atoms with Crippen molar-refractivity contribution in [3.63, 3.8) is 0 Å². The fraction of sp³-hybridized carbons (Fsp3) is 0.300. The summed E-state index contributed by atoms with van der Waals surface area (Å²) in [6, 6.07) is 1.13. The maximum absolute atomic E-state index is 10.9. The van der Waals surface area contributed by atoms with E-state index >= 15 is 0 Å². The fourth-order valence-electron chi connectivity index (χ4n) is 1.22. The lowest BCUT2D eigenvalue weighted by Crippen LogP contribution is -2.09. The van der Waals surface area contributed by atoms with Crippen molar-refractivity contribution in [3.8, 4) is 0 Å². The highest BCUT2D eigenvalue weighted by atomic mass is 16.4. The van der Waals surface area contributed by atoms with E-state index in [1.807, 2.05) is 0 Å². The van der Waals surface area contributed by atoms with E-state index in [1.54, 1.807) is 13.8 Å². The highest BCUT2D eigenvalue weighted by Gasteiger charge is 2.17. The average Bonchev–Trinajstić information content (AvgIpc) is 2.16. The molecule has 0 saturated carbocycles. The molecule has 0 aliphatic heterocycles. The Hall–Kier alpha value is -1.91. The number of aromatic carboxylic acids is 2. The predicted octanol–water partition coefficient (Wildman–Crippen LogP) is 1.60. The molecule has 1 aromatic rings. The number of aromatic nitrogens is 1. The van der Waals surface area contributed by atoms with E-state index in [0.717, 1.165) is 6.07 Å². The van der Waals surface area contributed by atoms with Crippen LogP contribution in [0.1, 0.15) is 46.2 Å². The van der Waals surface area contributed by atoms with Crippen LogP contribution < -0.4 is 0 Å². The monoisotopic (exact) mass is 209 g/mol. The van der Waals surface area contributed by atoms with Crippen LogP contribution in [0.2, 0.25) is 0 Å². The van der Waals surface area contributed by atoms with Crippen LogP contribution in [0.5, 0.6) is 0 Å². The molecule has 1 rings (SSSR count). The first-order valence-corrected chi connectivity index (χ1v) is 4.40. The van der Waals surface area contributed by atoms with Crippen molar-refractivity contribution < 1.29 is 19.8 Å². The van der Waals surface area contributed by atoms with E-state index in [9.17, 15) is 9.59 Å². The normalized spacial score (nSPS) is 10.3. The SMILES string of the molecule is CC(C)c1ncc(C(=O)O)cc1C(=O)O. The van der Waals surface area contributed by atoms with E-state index in [4.69, 9.17) is 10.2 Å². The summed E-state index contributed by atoms with van der Waals surface area (Å²) in [6.45, 7) is 3.60. The van der Waals surface area contributed by atoms with Crippen LogP contribution in [0.25, 0.3) is 0 Å². The molecule has 0 fully saturated rings. The zero-order chi connectivity index (χ0) is 11.6. The van der Waals surface area contributed by atoms with Crippen molar-refractivity contribution in [3.05, 3.63) is 29.1 Å². The molecule has 1 heterocycles. The van der Waals surface area contributed by atoms with Gasteiger partial charge in [-0.3, -0.25) is 4.98 Å². The third kappa shape index (κ3) is 2.31. The van der Waals surface area contributed by atoms with Gasteiger partial charge in [-0.05, 0) is 12.0 Å². The Kier molecular flexibility index (Phi) is 3.04. The maximum Gasteiger partial charge on any atom is 0.337 e. The zero-order valence-electron chi connectivity index (χ0n) is 8.39. The van der Waals surface area contributed by atoms with Crippen LogP contribution in [0.4, 0.5) is 0 Å². The third-order valence-corrected chi connectivity index (χ3v) is 1.94. The lowest BCUT2D eigenvalue weighted by Gasteiger charge is -2.08. The van der Waals surface area contributed by atoms with Gasteiger partial charge in [0, 0.05) is 6.20 Å². The van der Waals surface area contributed by atoms with Gasteiger partial charge in [0.2, 0.25) is 0 Å². The average molecular weight is 209 g/mol. The molecule has 0 atom stereocenters. The standard InChI is InChI=1S/C10H11NO4/c1-5(2)8-7(10(14)15)3-6(4-11-8)9(12)13/h3-5H,1-2H3,(H,12,13)(H,14,15). The zero-order valence-corrected chi connectivity index (χ0v) is 8.39. The Bertz CT molecular complexity index is 412. The Morgan fingerprint density at radius 3 is 2.27 bits per heavy atom. The van der Waals surface area contributed by atoms with Crippen molar-refractivity contribution in [1.29, 1.82) is 0 Å². The van der Waals surface area contributed by atoms with Crippen LogP contribution in [0.15, 0.2) is 12.3 Å². The summed E-state index contributed by atoms with van der Waals surface area (Å²) in [5.41, 5.74) is 0.231. The van der Waals surface area contributed by atoms with E-state index in [1.165, 1.54) is 6.20 Å². The highest BCUT2D eigenvalue weighted by molar-refractivity contribution is 5.94. The first-order valence-electron chi connectivity index (χ1n) is 4.40. The van der Waals surface area contributed by atoms with Crippen LogP contribution in [0.3, 0.4) is 0 Å². The fourth-order valence-corrected chi connectivity index (χ4v) is 1.22. The lowest BCUT2D eigenvalue weighted by atomic mass is 10.0. The van der Waals surface area contributed by atoms with Crippen molar-refractivity contribution in [2.75, 3.05) is 0 Å². The van der Waals surface area contributed by atoms with Crippen LogP contribution in [-0.4, -0.2) is 27.1 Å². The van der Waals surface area contributed by atoms with E-state index in [0.29, 0.717) is 5.69 Å². The largest absolute Gasteiger partial charge is 0.478 e. The summed E-state index contributed by atoms with van der Waals surface area (Å²) in [4.78, 5) is 25.4. The second kappa shape index (κ2) is 4.08. The van der Waals surface area contributed by atoms with Crippen molar-refractivity contribution in [2.24, 2.45) is 0 Å². The molecule has 0 aromatic carbocycles. The molecular formula is C10H11NO4. The van der Waals surface area contributed by atoms with Crippen LogP contribution in [-0.2, 0) is 0 Å². The van der Waals surface area contributed by atoms with Gasteiger partial charge in [-0.1, -0.05) is 13.8 Å². The molecule has 1 aromatic heterocycles. The molecule has 80 valence electrons. The Morgan fingerprint density at radius 1 is 1.27 bits per heavy atom. The van der Waals surface area contributed by atoms with E-state index in [2.05, 4.69) is 4.98 Å². The molecule has 0 radical (unpaired) electrons. The second-order valence-corrected chi connectivity index (χ2v) is 3.42. The first kappa shape index (κ1) is 11.2. The van der Waals surface area contributed by atoms with Gasteiger partial charge in [0.15, 0.2) is 0 Å². The number of hydrogen-bond acceptors (Lipinski definition) is 3. The van der Waals surface area contributed by atoms with Crippen molar-refractivity contribution >= 4 is 11.9 Å². The van der Waals surface area contributed by atoms with Gasteiger partial charge in [0.25, 0.3) is 0 Å². The summed E-state index contributed by atoms with van der Waals surface area (Å²) in [5, 5.41) is 17.6. The molecular weight excluding hydrogens is 198 g/mol. The molecule has 5 heteroatoms. The van der Waals surface area contributed by atoms with Gasteiger partial charge in [-0.2, -0.15) is 0 Å². The number of hydrogen-bond donors (Lipinski definition) is 2. The Balaban J connectivity index is 3.33. The maximum atomic E-state index is 10.9. The highest BCUT2D eigenvalue weighted by Crippen LogP contribution is 2.18. The number of carbonyl (C=O) groups is 2. The van der Waals surface area contributed by atoms with Gasteiger partial charge in [-0.25, -0.2) is 9.59 Å². The Morgan fingerprint density at radius 2 is 1.87 bits per heavy atom. The molecule has 0 amide bonds. The predicted molar refractivity (Wildman–Crippen MR) is 52.2 cm³/mol. The van der Waals surface area contributed by atoms with Gasteiger partial charge in [0.05, 0.1) is 16.8 Å². The summed E-state index contributed by atoms with van der Waals surface area (Å²) < 4.78 is 0. The van der Waals surface area contributed by atoms with E-state index < -0.39 is 11.9 Å².